The van der Waals surface area contributed by atoms with Crippen LogP contribution >= 0.6 is 0 Å². The summed E-state index contributed by atoms with van der Waals surface area (Å²) in [4.78, 5) is 24.7. The van der Waals surface area contributed by atoms with Crippen molar-refractivity contribution < 1.29 is 18.0 Å². The number of hydrogen-bond donors (Lipinski definition) is 1. The standard InChI is InChI=1S/C19H18F3N3O2/c1-2-24-10-7-13-8-11-25(18(27)16(13)24)12-9-23-17(26)14-5-3-4-6-15(14)19(20,21)22/h3-8,10-11H,2,9,12H2,1H3,(H,23,26). The number of aromatic nitrogens is 2. The van der Waals surface area contributed by atoms with Crippen molar-refractivity contribution in [3.8, 4) is 0 Å². The maximum absolute atomic E-state index is 13.0. The van der Waals surface area contributed by atoms with Crippen LogP contribution in [0, 0.1) is 0 Å². The highest BCUT2D eigenvalue weighted by Gasteiger charge is 2.34. The molecule has 0 bridgehead atoms. The van der Waals surface area contributed by atoms with E-state index in [1.807, 2.05) is 23.8 Å². The van der Waals surface area contributed by atoms with E-state index in [4.69, 9.17) is 0 Å². The van der Waals surface area contributed by atoms with Gasteiger partial charge < -0.3 is 14.5 Å². The molecule has 1 N–H and O–H groups in total. The van der Waals surface area contributed by atoms with Gasteiger partial charge >= 0.3 is 6.18 Å². The molecule has 27 heavy (non-hydrogen) atoms. The molecule has 5 nitrogen and oxygen atoms in total. The van der Waals surface area contributed by atoms with E-state index < -0.39 is 23.2 Å². The predicted octanol–water partition coefficient (Wildman–Crippen LogP) is 3.27. The van der Waals surface area contributed by atoms with Crippen LogP contribution in [-0.2, 0) is 19.3 Å². The molecule has 0 atom stereocenters. The van der Waals surface area contributed by atoms with Gasteiger partial charge in [-0.15, -0.1) is 0 Å². The molecule has 0 aliphatic heterocycles. The zero-order valence-electron chi connectivity index (χ0n) is 14.6. The average molecular weight is 377 g/mol. The van der Waals surface area contributed by atoms with E-state index in [9.17, 15) is 22.8 Å². The summed E-state index contributed by atoms with van der Waals surface area (Å²) in [5, 5.41) is 3.27. The summed E-state index contributed by atoms with van der Waals surface area (Å²) in [6.45, 7) is 2.76. The molecule has 0 aliphatic rings. The minimum atomic E-state index is -4.61. The zero-order chi connectivity index (χ0) is 19.6. The minimum absolute atomic E-state index is 0.0310. The van der Waals surface area contributed by atoms with Gasteiger partial charge in [0.15, 0.2) is 0 Å². The fourth-order valence-corrected chi connectivity index (χ4v) is 3.00. The molecule has 0 aliphatic carbocycles. The van der Waals surface area contributed by atoms with Crippen molar-refractivity contribution in [2.45, 2.75) is 26.2 Å². The second-order valence-corrected chi connectivity index (χ2v) is 6.02. The highest BCUT2D eigenvalue weighted by atomic mass is 19.4. The predicted molar refractivity (Wildman–Crippen MR) is 95.6 cm³/mol. The number of aryl methyl sites for hydroxylation is 1. The Morgan fingerprint density at radius 3 is 2.41 bits per heavy atom. The van der Waals surface area contributed by atoms with Gasteiger partial charge in [-0.1, -0.05) is 12.1 Å². The SMILES string of the molecule is CCn1ccc2ccn(CCNC(=O)c3ccccc3C(F)(F)F)c(=O)c21. The van der Waals surface area contributed by atoms with E-state index in [0.29, 0.717) is 12.1 Å². The summed E-state index contributed by atoms with van der Waals surface area (Å²) in [6.07, 6.45) is -1.17. The summed E-state index contributed by atoms with van der Waals surface area (Å²) in [7, 11) is 0. The number of pyridine rings is 1. The van der Waals surface area contributed by atoms with Crippen LogP contribution in [0.25, 0.3) is 10.9 Å². The van der Waals surface area contributed by atoms with Crippen LogP contribution in [0.1, 0.15) is 22.8 Å². The largest absolute Gasteiger partial charge is 0.417 e. The highest BCUT2D eigenvalue weighted by molar-refractivity contribution is 5.95. The average Bonchev–Trinajstić information content (AvgIpc) is 3.06. The lowest BCUT2D eigenvalue weighted by molar-refractivity contribution is -0.137. The van der Waals surface area contributed by atoms with Crippen molar-refractivity contribution in [1.29, 1.82) is 0 Å². The smallest absolute Gasteiger partial charge is 0.350 e. The van der Waals surface area contributed by atoms with Crippen molar-refractivity contribution in [3.05, 3.63) is 70.3 Å². The van der Waals surface area contributed by atoms with Gasteiger partial charge in [0.25, 0.3) is 11.5 Å². The molecule has 142 valence electrons. The molecule has 1 aromatic carbocycles. The number of halogens is 3. The van der Waals surface area contributed by atoms with E-state index in [2.05, 4.69) is 5.32 Å². The van der Waals surface area contributed by atoms with Gasteiger partial charge in [0.2, 0.25) is 0 Å². The van der Waals surface area contributed by atoms with Crippen molar-refractivity contribution in [2.24, 2.45) is 0 Å². The van der Waals surface area contributed by atoms with Gasteiger partial charge in [0, 0.05) is 37.4 Å². The van der Waals surface area contributed by atoms with E-state index >= 15 is 0 Å². The summed E-state index contributed by atoms with van der Waals surface area (Å²) in [6, 6.07) is 8.25. The van der Waals surface area contributed by atoms with Gasteiger partial charge in [-0.2, -0.15) is 13.2 Å². The lowest BCUT2D eigenvalue weighted by Crippen LogP contribution is -2.32. The van der Waals surface area contributed by atoms with Crippen molar-refractivity contribution in [1.82, 2.24) is 14.5 Å². The number of fused-ring (bicyclic) bond motifs is 1. The third kappa shape index (κ3) is 3.74. The first kappa shape index (κ1) is 18.8. The maximum atomic E-state index is 13.0. The second kappa shape index (κ2) is 7.30. The molecule has 0 unspecified atom stereocenters. The van der Waals surface area contributed by atoms with Crippen molar-refractivity contribution in [3.63, 3.8) is 0 Å². The third-order valence-corrected chi connectivity index (χ3v) is 4.35. The van der Waals surface area contributed by atoms with Crippen LogP contribution in [0.5, 0.6) is 0 Å². The Kier molecular flexibility index (Phi) is 5.07. The van der Waals surface area contributed by atoms with E-state index in [0.717, 1.165) is 17.5 Å². The normalized spacial score (nSPS) is 11.7. The van der Waals surface area contributed by atoms with Crippen molar-refractivity contribution in [2.75, 3.05) is 6.54 Å². The topological polar surface area (TPSA) is 56.0 Å². The van der Waals surface area contributed by atoms with Crippen LogP contribution in [0.4, 0.5) is 13.2 Å². The molecule has 0 spiro atoms. The second-order valence-electron chi connectivity index (χ2n) is 6.02. The Morgan fingerprint density at radius 1 is 1.07 bits per heavy atom. The monoisotopic (exact) mass is 377 g/mol. The minimum Gasteiger partial charge on any atom is -0.350 e. The number of nitrogens with one attached hydrogen (secondary N) is 1. The van der Waals surface area contributed by atoms with E-state index in [1.54, 1.807) is 12.3 Å². The molecule has 3 rings (SSSR count). The lowest BCUT2D eigenvalue weighted by atomic mass is 10.1. The number of nitrogens with zero attached hydrogens (tertiary/aromatic N) is 2. The quantitative estimate of drug-likeness (QED) is 0.742. The first-order chi connectivity index (χ1) is 12.8. The van der Waals surface area contributed by atoms with Gasteiger partial charge in [0.05, 0.1) is 11.1 Å². The third-order valence-electron chi connectivity index (χ3n) is 4.35. The van der Waals surface area contributed by atoms with Crippen LogP contribution in [0.3, 0.4) is 0 Å². The number of carbonyl (C=O) groups excluding carboxylic acids is 1. The van der Waals surface area contributed by atoms with Gasteiger partial charge in [-0.25, -0.2) is 0 Å². The van der Waals surface area contributed by atoms with Gasteiger partial charge in [-0.3, -0.25) is 9.59 Å². The molecule has 8 heteroatoms. The number of benzene rings is 1. The number of rotatable bonds is 5. The maximum Gasteiger partial charge on any atom is 0.417 e. The molecule has 0 radical (unpaired) electrons. The Hall–Kier alpha value is -3.03. The molecule has 0 fully saturated rings. The molecule has 0 saturated carbocycles. The highest BCUT2D eigenvalue weighted by Crippen LogP contribution is 2.31. The van der Waals surface area contributed by atoms with Crippen LogP contribution < -0.4 is 10.9 Å². The summed E-state index contributed by atoms with van der Waals surface area (Å²) in [5.41, 5.74) is -1.06. The number of hydrogen-bond acceptors (Lipinski definition) is 2. The first-order valence-electron chi connectivity index (χ1n) is 8.45. The first-order valence-corrected chi connectivity index (χ1v) is 8.45. The van der Waals surface area contributed by atoms with Crippen LogP contribution in [0.2, 0.25) is 0 Å². The lowest BCUT2D eigenvalue weighted by Gasteiger charge is -2.13. The van der Waals surface area contributed by atoms with E-state index in [1.165, 1.54) is 16.7 Å². The molecule has 3 aromatic rings. The molecule has 1 amide bonds. The Bertz CT molecular complexity index is 1030. The summed E-state index contributed by atoms with van der Waals surface area (Å²) >= 11 is 0. The molecule has 2 aromatic heterocycles. The summed E-state index contributed by atoms with van der Waals surface area (Å²) < 4.78 is 42.3. The molecule has 0 saturated heterocycles. The van der Waals surface area contributed by atoms with Gasteiger partial charge in [-0.05, 0) is 31.2 Å². The Labute approximate surface area is 153 Å². The van der Waals surface area contributed by atoms with E-state index in [-0.39, 0.29) is 18.6 Å². The number of carbonyl (C=O) groups is 1. The summed E-state index contributed by atoms with van der Waals surface area (Å²) in [5.74, 6) is -0.825. The number of alkyl halides is 3. The van der Waals surface area contributed by atoms with Gasteiger partial charge in [0.1, 0.15) is 5.52 Å². The Morgan fingerprint density at radius 2 is 1.74 bits per heavy atom. The van der Waals surface area contributed by atoms with Crippen molar-refractivity contribution >= 4 is 16.8 Å². The fraction of sp³-hybridized carbons (Fsp3) is 0.263. The fourth-order valence-electron chi connectivity index (χ4n) is 3.00. The van der Waals surface area contributed by atoms with Crippen LogP contribution in [0.15, 0.2) is 53.6 Å². The zero-order valence-corrected chi connectivity index (χ0v) is 14.6. The van der Waals surface area contributed by atoms with Crippen LogP contribution in [-0.4, -0.2) is 21.6 Å². The molecular formula is C19H18F3N3O2. The number of amides is 1. The molecule has 2 heterocycles. The molecular weight excluding hydrogens is 359 g/mol. The Balaban J connectivity index is 1.74.